The molecule has 0 saturated heterocycles. The highest BCUT2D eigenvalue weighted by atomic mass is 32.3. The standard InChI is InChI=1S/C24H42O4S.C23H38O2/c1-17(7-6-16-28-29(25,26)27)20-11-12-21-19-10-9-18-8-4-5-14-23(18,2)22(19)13-15-24(20,21)3;1-15(14-21(24)25)18-9-10-19-17-8-7-16-6-4-5-12-22(16,2)20(17)11-13-23(18,19)3/h17-22H,4-16H2,1-3H3,(H,25,26,27);15-20H,4-14H2,1-3H3,(H,24,25)/t17-,18+,19?,20-,21?,22?,23+,24-;15-,16+,17?,18-,19?,20?,22+,23-/m11/s1. The SMILES string of the molecule is C[C@H](CC(=O)O)[C@H]1CCC2C3CC[C@@H]4CCCC[C@]4(C)C3CC[C@@]21C.C[C@H](CCCOS(=O)(=O)O)[C@H]1CCC2C3CC[C@@H]4CCCC[C@]4(C)C3CC[C@@]21C. The average Bonchev–Trinajstić information content (AvgIpc) is 3.66. The molecule has 54 heavy (non-hydrogen) atoms. The Hall–Kier alpha value is -0.660. The van der Waals surface area contributed by atoms with E-state index in [-0.39, 0.29) is 6.61 Å². The maximum absolute atomic E-state index is 11.3. The summed E-state index contributed by atoms with van der Waals surface area (Å²) in [5.74, 6) is 9.22. The second-order valence-corrected chi connectivity index (χ2v) is 23.3. The van der Waals surface area contributed by atoms with Gasteiger partial charge in [0, 0.05) is 6.42 Å². The summed E-state index contributed by atoms with van der Waals surface area (Å²) in [6, 6.07) is 0. The van der Waals surface area contributed by atoms with E-state index in [0.29, 0.717) is 52.3 Å². The lowest BCUT2D eigenvalue weighted by molar-refractivity contribution is -0.139. The summed E-state index contributed by atoms with van der Waals surface area (Å²) >= 11 is 0. The summed E-state index contributed by atoms with van der Waals surface area (Å²) in [7, 11) is -4.30. The van der Waals surface area contributed by atoms with Gasteiger partial charge in [-0.05, 0) is 208 Å². The Bertz CT molecular complexity index is 1430. The third kappa shape index (κ3) is 7.54. The van der Waals surface area contributed by atoms with E-state index >= 15 is 0 Å². The molecule has 2 N–H and O–H groups in total. The summed E-state index contributed by atoms with van der Waals surface area (Å²) < 4.78 is 34.8. The number of carboxylic acid groups (broad SMARTS) is 1. The first kappa shape index (κ1) is 41.5. The van der Waals surface area contributed by atoms with E-state index < -0.39 is 16.4 Å². The van der Waals surface area contributed by atoms with Gasteiger partial charge in [-0.2, -0.15) is 8.42 Å². The molecule has 6 nitrogen and oxygen atoms in total. The van der Waals surface area contributed by atoms with Gasteiger partial charge in [-0.3, -0.25) is 9.35 Å². The Morgan fingerprint density at radius 3 is 1.54 bits per heavy atom. The van der Waals surface area contributed by atoms with E-state index in [2.05, 4.69) is 45.7 Å². The molecular formula is C47H80O6S. The van der Waals surface area contributed by atoms with E-state index in [0.717, 1.165) is 59.7 Å². The molecule has 0 bridgehead atoms. The third-order valence-corrected chi connectivity index (χ3v) is 20.7. The Morgan fingerprint density at radius 2 is 1.07 bits per heavy atom. The van der Waals surface area contributed by atoms with Crippen LogP contribution in [0.1, 0.15) is 189 Å². The molecular weight excluding hydrogens is 693 g/mol. The van der Waals surface area contributed by atoms with Crippen LogP contribution in [0.4, 0.5) is 0 Å². The van der Waals surface area contributed by atoms with Crippen LogP contribution in [0.5, 0.6) is 0 Å². The Balaban J connectivity index is 0.000000168. The van der Waals surface area contributed by atoms with E-state index in [1.807, 2.05) is 0 Å². The van der Waals surface area contributed by atoms with Crippen LogP contribution in [0.3, 0.4) is 0 Å². The second kappa shape index (κ2) is 15.8. The van der Waals surface area contributed by atoms with Gasteiger partial charge in [0.25, 0.3) is 0 Å². The van der Waals surface area contributed by atoms with Crippen LogP contribution in [0.2, 0.25) is 0 Å². The summed E-state index contributed by atoms with van der Waals surface area (Å²) in [5.41, 5.74) is 2.10. The lowest BCUT2D eigenvalue weighted by Gasteiger charge is -2.61. The Labute approximate surface area is 330 Å². The van der Waals surface area contributed by atoms with Crippen LogP contribution in [-0.4, -0.2) is 30.7 Å². The van der Waals surface area contributed by atoms with Crippen molar-refractivity contribution >= 4 is 16.4 Å². The minimum absolute atomic E-state index is 0.0977. The average molecular weight is 773 g/mol. The lowest BCUT2D eigenvalue weighted by Crippen LogP contribution is -2.53. The van der Waals surface area contributed by atoms with Gasteiger partial charge in [0.1, 0.15) is 0 Å². The van der Waals surface area contributed by atoms with Crippen molar-refractivity contribution in [2.24, 2.45) is 92.7 Å². The highest BCUT2D eigenvalue weighted by molar-refractivity contribution is 7.80. The molecule has 8 aliphatic rings. The predicted molar refractivity (Wildman–Crippen MR) is 217 cm³/mol. The van der Waals surface area contributed by atoms with Crippen molar-refractivity contribution in [3.63, 3.8) is 0 Å². The molecule has 6 unspecified atom stereocenters. The maximum atomic E-state index is 11.3. The number of hydrogen-bond donors (Lipinski definition) is 2. The van der Waals surface area contributed by atoms with Gasteiger partial charge in [0.2, 0.25) is 0 Å². The number of fused-ring (bicyclic) bond motifs is 10. The highest BCUT2D eigenvalue weighted by Gasteiger charge is 2.61. The first-order valence-electron chi connectivity index (χ1n) is 23.3. The molecule has 8 fully saturated rings. The quantitative estimate of drug-likeness (QED) is 0.179. The number of hydrogen-bond acceptors (Lipinski definition) is 4. The number of rotatable bonds is 9. The fourth-order valence-electron chi connectivity index (χ4n) is 17.7. The zero-order valence-corrected chi connectivity index (χ0v) is 36.2. The van der Waals surface area contributed by atoms with E-state index in [1.54, 1.807) is 0 Å². The predicted octanol–water partition coefficient (Wildman–Crippen LogP) is 12.4. The van der Waals surface area contributed by atoms with Crippen LogP contribution in [0.25, 0.3) is 0 Å². The molecule has 0 amide bonds. The van der Waals surface area contributed by atoms with Crippen LogP contribution in [0, 0.1) is 92.7 Å². The molecule has 8 rings (SSSR count). The van der Waals surface area contributed by atoms with Crippen LogP contribution < -0.4 is 0 Å². The summed E-state index contributed by atoms with van der Waals surface area (Å²) in [6.07, 6.45) is 30.6. The van der Waals surface area contributed by atoms with Crippen LogP contribution in [-0.2, 0) is 19.4 Å². The lowest BCUT2D eigenvalue weighted by atomic mass is 9.44. The summed E-state index contributed by atoms with van der Waals surface area (Å²) in [6.45, 7) is 15.1. The largest absolute Gasteiger partial charge is 0.481 e. The maximum Gasteiger partial charge on any atom is 0.397 e. The van der Waals surface area contributed by atoms with Crippen molar-refractivity contribution < 1.29 is 27.1 Å². The third-order valence-electron chi connectivity index (χ3n) is 20.2. The number of aliphatic carboxylic acids is 1. The van der Waals surface area contributed by atoms with Gasteiger partial charge >= 0.3 is 16.4 Å². The van der Waals surface area contributed by atoms with E-state index in [4.69, 9.17) is 4.55 Å². The molecule has 0 aromatic heterocycles. The molecule has 16 atom stereocenters. The number of carboxylic acids is 1. The fraction of sp³-hybridized carbons (Fsp3) is 0.979. The minimum atomic E-state index is -4.30. The monoisotopic (exact) mass is 773 g/mol. The second-order valence-electron chi connectivity index (χ2n) is 22.2. The molecule has 7 heteroatoms. The molecule has 0 aliphatic heterocycles. The van der Waals surface area contributed by atoms with Gasteiger partial charge in [0.15, 0.2) is 0 Å². The molecule has 8 saturated carbocycles. The first-order valence-corrected chi connectivity index (χ1v) is 24.7. The van der Waals surface area contributed by atoms with Crippen molar-refractivity contribution in [2.75, 3.05) is 6.61 Å². The number of carbonyl (C=O) groups is 1. The van der Waals surface area contributed by atoms with E-state index in [1.165, 1.54) is 128 Å². The summed E-state index contributed by atoms with van der Waals surface area (Å²) in [5, 5.41) is 9.27. The molecule has 8 aliphatic carbocycles. The molecule has 310 valence electrons. The van der Waals surface area contributed by atoms with E-state index in [9.17, 15) is 18.3 Å². The van der Waals surface area contributed by atoms with Gasteiger partial charge < -0.3 is 5.11 Å². The molecule has 0 aromatic carbocycles. The van der Waals surface area contributed by atoms with Crippen LogP contribution >= 0.6 is 0 Å². The van der Waals surface area contributed by atoms with Crippen molar-refractivity contribution in [2.45, 2.75) is 189 Å². The normalized spacial score (nSPS) is 48.0. The molecule has 0 aromatic rings. The fourth-order valence-corrected chi connectivity index (χ4v) is 18.1. The van der Waals surface area contributed by atoms with Gasteiger partial charge in [-0.25, -0.2) is 4.18 Å². The molecule has 0 spiro atoms. The molecule has 0 heterocycles. The molecule has 0 radical (unpaired) electrons. The Kier molecular flexibility index (Phi) is 12.2. The summed E-state index contributed by atoms with van der Waals surface area (Å²) in [4.78, 5) is 11.3. The first-order chi connectivity index (χ1) is 25.5. The smallest absolute Gasteiger partial charge is 0.397 e. The zero-order chi connectivity index (χ0) is 38.7. The topological polar surface area (TPSA) is 101 Å². The van der Waals surface area contributed by atoms with Gasteiger partial charge in [0.05, 0.1) is 6.61 Å². The van der Waals surface area contributed by atoms with Crippen LogP contribution in [0.15, 0.2) is 0 Å². The van der Waals surface area contributed by atoms with Crippen molar-refractivity contribution in [1.29, 1.82) is 0 Å². The Morgan fingerprint density at radius 1 is 0.611 bits per heavy atom. The minimum Gasteiger partial charge on any atom is -0.481 e. The zero-order valence-electron chi connectivity index (χ0n) is 35.3. The highest BCUT2D eigenvalue weighted by Crippen LogP contribution is 2.70. The van der Waals surface area contributed by atoms with Gasteiger partial charge in [-0.15, -0.1) is 0 Å². The van der Waals surface area contributed by atoms with Gasteiger partial charge in [-0.1, -0.05) is 67.2 Å². The van der Waals surface area contributed by atoms with Crippen molar-refractivity contribution in [3.05, 3.63) is 0 Å². The van der Waals surface area contributed by atoms with Crippen molar-refractivity contribution in [1.82, 2.24) is 0 Å². The van der Waals surface area contributed by atoms with Crippen molar-refractivity contribution in [3.8, 4) is 0 Å².